The summed E-state index contributed by atoms with van der Waals surface area (Å²) < 4.78 is 5.19. The summed E-state index contributed by atoms with van der Waals surface area (Å²) in [5.41, 5.74) is 3.62. The molecule has 7 nitrogen and oxygen atoms in total. The Kier molecular flexibility index (Phi) is 8.26. The topological polar surface area (TPSA) is 65.1 Å². The van der Waals surface area contributed by atoms with E-state index < -0.39 is 0 Å². The van der Waals surface area contributed by atoms with Gasteiger partial charge in [-0.2, -0.15) is 0 Å². The van der Waals surface area contributed by atoms with Crippen molar-refractivity contribution in [1.82, 2.24) is 14.7 Å². The molecule has 1 saturated carbocycles. The van der Waals surface area contributed by atoms with Crippen molar-refractivity contribution in [1.29, 1.82) is 0 Å². The average Bonchev–Trinajstić information content (AvgIpc) is 2.96. The number of rotatable bonds is 9. The number of carbonyl (C=O) groups is 2. The number of methoxy groups -OCH3 is 1. The molecule has 1 aliphatic heterocycles. The number of carbonyl (C=O) groups excluding carboxylic acids is 2. The van der Waals surface area contributed by atoms with E-state index in [4.69, 9.17) is 4.74 Å². The molecule has 6 rings (SSSR count). The molecule has 1 saturated heterocycles. The van der Waals surface area contributed by atoms with Gasteiger partial charge in [0.15, 0.2) is 0 Å². The molecule has 0 aromatic heterocycles. The molecule has 1 N–H and O–H groups in total. The van der Waals surface area contributed by atoms with E-state index in [1.165, 1.54) is 12.0 Å². The fourth-order valence-electron chi connectivity index (χ4n) is 6.36. The Balaban J connectivity index is 1.15. The van der Waals surface area contributed by atoms with Gasteiger partial charge in [0.2, 0.25) is 5.91 Å². The summed E-state index contributed by atoms with van der Waals surface area (Å²) in [6.45, 7) is 9.98. The first-order valence-electron chi connectivity index (χ1n) is 14.3. The Morgan fingerprint density at radius 3 is 2.38 bits per heavy atom. The van der Waals surface area contributed by atoms with Gasteiger partial charge in [-0.25, -0.2) is 4.79 Å². The minimum Gasteiger partial charge on any atom is -0.497 e. The second-order valence-electron chi connectivity index (χ2n) is 11.8. The smallest absolute Gasteiger partial charge is 0.321 e. The molecular weight excluding hydrogens is 488 g/mol. The molecule has 4 aliphatic rings. The molecule has 2 bridgehead atoms. The summed E-state index contributed by atoms with van der Waals surface area (Å²) in [7, 11) is 1.63. The van der Waals surface area contributed by atoms with Crippen LogP contribution in [-0.4, -0.2) is 79.6 Å². The third-order valence-corrected chi connectivity index (χ3v) is 9.19. The van der Waals surface area contributed by atoms with Gasteiger partial charge in [0.05, 0.1) is 13.5 Å². The van der Waals surface area contributed by atoms with Crippen LogP contribution in [0.4, 0.5) is 10.5 Å². The zero-order chi connectivity index (χ0) is 27.4. The summed E-state index contributed by atoms with van der Waals surface area (Å²) in [5.74, 6) is 2.34. The van der Waals surface area contributed by atoms with Gasteiger partial charge in [-0.05, 0) is 59.9 Å². The number of fused-ring (bicyclic) bond motifs is 1. The maximum atomic E-state index is 13.5. The minimum atomic E-state index is -0.0786. The van der Waals surface area contributed by atoms with Crippen LogP contribution in [-0.2, 0) is 11.2 Å². The van der Waals surface area contributed by atoms with Crippen LogP contribution in [0.2, 0.25) is 0 Å². The number of amides is 3. The highest BCUT2D eigenvalue weighted by molar-refractivity contribution is 5.89. The zero-order valence-electron chi connectivity index (χ0n) is 23.6. The number of benzene rings is 2. The van der Waals surface area contributed by atoms with E-state index in [0.717, 1.165) is 55.5 Å². The first-order chi connectivity index (χ1) is 18.8. The molecule has 2 aromatic carbocycles. The van der Waals surface area contributed by atoms with Gasteiger partial charge in [0, 0.05) is 51.5 Å². The summed E-state index contributed by atoms with van der Waals surface area (Å²) in [5, 5.41) is 2.98. The van der Waals surface area contributed by atoms with Crippen molar-refractivity contribution in [2.45, 2.75) is 33.1 Å². The molecular formula is C32H42N4O3. The predicted molar refractivity (Wildman–Crippen MR) is 155 cm³/mol. The lowest BCUT2D eigenvalue weighted by Crippen LogP contribution is -2.53. The summed E-state index contributed by atoms with van der Waals surface area (Å²) >= 11 is 0. The fraction of sp³-hybridized carbons (Fsp3) is 0.500. The summed E-state index contributed by atoms with van der Waals surface area (Å²) in [4.78, 5) is 32.6. The number of hydrogen-bond donors (Lipinski definition) is 1. The maximum Gasteiger partial charge on any atom is 0.321 e. The second-order valence-corrected chi connectivity index (χ2v) is 11.8. The summed E-state index contributed by atoms with van der Waals surface area (Å²) in [6, 6.07) is 17.3. The van der Waals surface area contributed by atoms with Crippen molar-refractivity contribution >= 4 is 17.6 Å². The highest BCUT2D eigenvalue weighted by Crippen LogP contribution is 2.59. The van der Waals surface area contributed by atoms with Crippen molar-refractivity contribution in [3.63, 3.8) is 0 Å². The molecule has 208 valence electrons. The first-order valence-corrected chi connectivity index (χ1v) is 14.3. The van der Waals surface area contributed by atoms with E-state index in [0.29, 0.717) is 37.4 Å². The number of urea groups is 1. The normalized spacial score (nSPS) is 21.9. The highest BCUT2D eigenvalue weighted by Gasteiger charge is 2.51. The van der Waals surface area contributed by atoms with Gasteiger partial charge < -0.3 is 19.9 Å². The number of ether oxygens (including phenoxy) is 1. The third kappa shape index (κ3) is 6.30. The number of nitrogens with zero attached hydrogens (tertiary/aromatic N) is 3. The molecule has 2 unspecified atom stereocenters. The van der Waals surface area contributed by atoms with Crippen molar-refractivity contribution in [2.24, 2.45) is 17.3 Å². The fourth-order valence-corrected chi connectivity index (χ4v) is 6.36. The van der Waals surface area contributed by atoms with Crippen molar-refractivity contribution in [3.8, 4) is 5.75 Å². The summed E-state index contributed by atoms with van der Waals surface area (Å²) in [6.07, 6.45) is 5.25. The Bertz CT molecular complexity index is 1170. The van der Waals surface area contributed by atoms with Gasteiger partial charge in [-0.1, -0.05) is 55.8 Å². The number of nitrogens with one attached hydrogen (secondary N) is 1. The van der Waals surface area contributed by atoms with Gasteiger partial charge in [-0.3, -0.25) is 9.69 Å². The molecule has 1 heterocycles. The predicted octanol–water partition coefficient (Wildman–Crippen LogP) is 4.91. The Hall–Kier alpha value is -3.32. The third-order valence-electron chi connectivity index (χ3n) is 9.19. The molecule has 7 heteroatoms. The highest BCUT2D eigenvalue weighted by atomic mass is 16.5. The van der Waals surface area contributed by atoms with Crippen LogP contribution in [0.15, 0.2) is 66.2 Å². The lowest BCUT2D eigenvalue weighted by atomic mass is 9.49. The van der Waals surface area contributed by atoms with E-state index >= 15 is 0 Å². The molecule has 2 atom stereocenters. The first kappa shape index (κ1) is 27.3. The van der Waals surface area contributed by atoms with E-state index in [-0.39, 0.29) is 11.9 Å². The van der Waals surface area contributed by atoms with Crippen LogP contribution >= 0.6 is 0 Å². The van der Waals surface area contributed by atoms with Crippen LogP contribution in [0, 0.1) is 17.3 Å². The van der Waals surface area contributed by atoms with Crippen LogP contribution in [0.25, 0.3) is 0 Å². The minimum absolute atomic E-state index is 0.0786. The molecule has 2 fully saturated rings. The molecule has 0 radical (unpaired) electrons. The van der Waals surface area contributed by atoms with E-state index in [1.807, 2.05) is 59.5 Å². The lowest BCUT2D eigenvalue weighted by molar-refractivity contribution is -0.130. The number of allylic oxidation sites excluding steroid dienone is 1. The second kappa shape index (κ2) is 11.8. The van der Waals surface area contributed by atoms with Crippen molar-refractivity contribution in [2.75, 3.05) is 58.2 Å². The number of piperazine rings is 1. The van der Waals surface area contributed by atoms with Crippen LogP contribution in [0.1, 0.15) is 32.3 Å². The molecule has 3 aliphatic carbocycles. The molecule has 0 spiro atoms. The van der Waals surface area contributed by atoms with Crippen molar-refractivity contribution in [3.05, 3.63) is 71.8 Å². The zero-order valence-corrected chi connectivity index (χ0v) is 23.6. The van der Waals surface area contributed by atoms with Crippen LogP contribution < -0.4 is 10.1 Å². The largest absolute Gasteiger partial charge is 0.497 e. The van der Waals surface area contributed by atoms with Crippen molar-refractivity contribution < 1.29 is 14.3 Å². The SMILES string of the molecule is COc1ccc(NC(=O)N2CCN(CCN(CC3=CCC4CC3C4(C)C)C(=O)Cc3ccccc3)CC2)cc1. The van der Waals surface area contributed by atoms with E-state index in [1.54, 1.807) is 7.11 Å². The molecule has 3 amide bonds. The number of anilines is 1. The van der Waals surface area contributed by atoms with Gasteiger partial charge in [0.25, 0.3) is 0 Å². The standard InChI is InChI=1S/C32H42N4O3/c1-32(2)26-10-9-25(29(32)22-26)23-36(30(37)21-24-7-5-4-6-8-24)20-17-34-15-18-35(19-16-34)31(38)33-27-11-13-28(39-3)14-12-27/h4-9,11-14,26,29H,10,15-23H2,1-3H3,(H,33,38). The Morgan fingerprint density at radius 1 is 1.03 bits per heavy atom. The lowest BCUT2D eigenvalue weighted by Gasteiger charge is -2.57. The Labute approximate surface area is 232 Å². The number of hydrogen-bond acceptors (Lipinski definition) is 4. The van der Waals surface area contributed by atoms with Crippen LogP contribution in [0.5, 0.6) is 5.75 Å². The van der Waals surface area contributed by atoms with Gasteiger partial charge in [-0.15, -0.1) is 0 Å². The quantitative estimate of drug-likeness (QED) is 0.468. The maximum absolute atomic E-state index is 13.5. The molecule has 2 aromatic rings. The molecule has 39 heavy (non-hydrogen) atoms. The van der Waals surface area contributed by atoms with Gasteiger partial charge in [0.1, 0.15) is 5.75 Å². The van der Waals surface area contributed by atoms with Gasteiger partial charge >= 0.3 is 6.03 Å². The van der Waals surface area contributed by atoms with E-state index in [9.17, 15) is 9.59 Å². The Morgan fingerprint density at radius 2 is 1.74 bits per heavy atom. The average molecular weight is 531 g/mol. The van der Waals surface area contributed by atoms with E-state index in [2.05, 4.69) is 35.0 Å². The van der Waals surface area contributed by atoms with Crippen LogP contribution in [0.3, 0.4) is 0 Å². The monoisotopic (exact) mass is 530 g/mol.